The molecule has 2 rings (SSSR count). The number of hydrogen-bond acceptors (Lipinski definition) is 3. The number of hydrogen-bond donors (Lipinski definition) is 2. The second-order valence-corrected chi connectivity index (χ2v) is 4.80. The maximum absolute atomic E-state index is 12.4. The van der Waals surface area contributed by atoms with Crippen LogP contribution in [0.15, 0.2) is 24.3 Å². The second-order valence-electron chi connectivity index (χ2n) is 4.80. The highest BCUT2D eigenvalue weighted by Crippen LogP contribution is 2.30. The summed E-state index contributed by atoms with van der Waals surface area (Å²) in [6, 6.07) is 4.26. The molecule has 1 heterocycles. The highest BCUT2D eigenvalue weighted by Gasteiger charge is 2.36. The third kappa shape index (κ3) is 3.29. The molecule has 0 aromatic heterocycles. The molecule has 4 nitrogen and oxygen atoms in total. The van der Waals surface area contributed by atoms with Gasteiger partial charge in [0.1, 0.15) is 5.54 Å². The van der Waals surface area contributed by atoms with E-state index in [-0.39, 0.29) is 0 Å². The average Bonchev–Trinajstić information content (AvgIpc) is 2.39. The van der Waals surface area contributed by atoms with Crippen LogP contribution < -0.4 is 11.1 Å². The lowest BCUT2D eigenvalue weighted by atomic mass is 9.90. The SMILES string of the molecule is NC1(C(=O)Nc2ccc(C(F)(F)F)cc2)CCOCC1. The number of benzene rings is 1. The van der Waals surface area contributed by atoms with E-state index in [1.807, 2.05) is 0 Å². The molecule has 1 aromatic rings. The van der Waals surface area contributed by atoms with Crippen LogP contribution in [0.4, 0.5) is 18.9 Å². The third-order valence-corrected chi connectivity index (χ3v) is 3.31. The van der Waals surface area contributed by atoms with E-state index in [1.165, 1.54) is 12.1 Å². The van der Waals surface area contributed by atoms with Crippen molar-refractivity contribution < 1.29 is 22.7 Å². The molecule has 1 aromatic carbocycles. The molecule has 3 N–H and O–H groups in total. The molecule has 20 heavy (non-hydrogen) atoms. The van der Waals surface area contributed by atoms with Gasteiger partial charge in [-0.05, 0) is 37.1 Å². The first-order chi connectivity index (χ1) is 9.31. The maximum atomic E-state index is 12.4. The smallest absolute Gasteiger partial charge is 0.381 e. The topological polar surface area (TPSA) is 64.4 Å². The lowest BCUT2D eigenvalue weighted by Gasteiger charge is -2.31. The Balaban J connectivity index is 2.04. The Morgan fingerprint density at radius 1 is 1.20 bits per heavy atom. The van der Waals surface area contributed by atoms with Gasteiger partial charge in [0.15, 0.2) is 0 Å². The summed E-state index contributed by atoms with van der Waals surface area (Å²) in [6.07, 6.45) is -3.61. The van der Waals surface area contributed by atoms with Crippen LogP contribution in [-0.2, 0) is 15.7 Å². The number of nitrogens with one attached hydrogen (secondary N) is 1. The zero-order chi connectivity index (χ0) is 14.8. The Kier molecular flexibility index (Phi) is 4.01. The quantitative estimate of drug-likeness (QED) is 0.876. The van der Waals surface area contributed by atoms with Gasteiger partial charge in [-0.25, -0.2) is 0 Å². The Bertz CT molecular complexity index is 479. The van der Waals surface area contributed by atoms with Gasteiger partial charge >= 0.3 is 6.18 Å². The highest BCUT2D eigenvalue weighted by atomic mass is 19.4. The number of nitrogens with two attached hydrogens (primary N) is 1. The second kappa shape index (κ2) is 5.41. The highest BCUT2D eigenvalue weighted by molar-refractivity contribution is 5.98. The fourth-order valence-electron chi connectivity index (χ4n) is 1.96. The van der Waals surface area contributed by atoms with Gasteiger partial charge in [0.05, 0.1) is 5.56 Å². The lowest BCUT2D eigenvalue weighted by Crippen LogP contribution is -2.54. The van der Waals surface area contributed by atoms with Crippen molar-refractivity contribution in [3.8, 4) is 0 Å². The number of halogens is 3. The fourth-order valence-corrected chi connectivity index (χ4v) is 1.96. The molecule has 0 bridgehead atoms. The van der Waals surface area contributed by atoms with Gasteiger partial charge < -0.3 is 15.8 Å². The third-order valence-electron chi connectivity index (χ3n) is 3.31. The number of anilines is 1. The van der Waals surface area contributed by atoms with Crippen molar-refractivity contribution in [3.05, 3.63) is 29.8 Å². The summed E-state index contributed by atoms with van der Waals surface area (Å²) in [7, 11) is 0. The van der Waals surface area contributed by atoms with E-state index in [0.717, 1.165) is 12.1 Å². The standard InChI is InChI=1S/C13H15F3N2O2/c14-13(15,16)9-1-3-10(4-2-9)18-11(19)12(17)5-7-20-8-6-12/h1-4H,5-8,17H2,(H,18,19). The van der Waals surface area contributed by atoms with Gasteiger partial charge in [-0.15, -0.1) is 0 Å². The van der Waals surface area contributed by atoms with Gasteiger partial charge in [-0.3, -0.25) is 4.79 Å². The fraction of sp³-hybridized carbons (Fsp3) is 0.462. The molecule has 1 aliphatic rings. The summed E-state index contributed by atoms with van der Waals surface area (Å²) < 4.78 is 42.4. The summed E-state index contributed by atoms with van der Waals surface area (Å²) in [5.41, 5.74) is 4.48. The molecule has 1 aliphatic heterocycles. The van der Waals surface area contributed by atoms with E-state index in [0.29, 0.717) is 31.7 Å². The van der Waals surface area contributed by atoms with Gasteiger partial charge in [-0.2, -0.15) is 13.2 Å². The van der Waals surface area contributed by atoms with E-state index in [1.54, 1.807) is 0 Å². The maximum Gasteiger partial charge on any atom is 0.416 e. The van der Waals surface area contributed by atoms with E-state index in [9.17, 15) is 18.0 Å². The van der Waals surface area contributed by atoms with Gasteiger partial charge in [0, 0.05) is 18.9 Å². The molecule has 7 heteroatoms. The largest absolute Gasteiger partial charge is 0.416 e. The average molecular weight is 288 g/mol. The summed E-state index contributed by atoms with van der Waals surface area (Å²) in [5.74, 6) is -0.402. The van der Waals surface area contributed by atoms with Crippen LogP contribution in [0.1, 0.15) is 18.4 Å². The van der Waals surface area contributed by atoms with E-state index in [2.05, 4.69) is 5.32 Å². The zero-order valence-electron chi connectivity index (χ0n) is 10.7. The Labute approximate surface area is 114 Å². The first-order valence-electron chi connectivity index (χ1n) is 6.17. The molecule has 0 spiro atoms. The molecule has 0 atom stereocenters. The van der Waals surface area contributed by atoms with Gasteiger partial charge in [0.2, 0.25) is 5.91 Å². The minimum atomic E-state index is -4.39. The predicted octanol–water partition coefficient (Wildman–Crippen LogP) is 2.15. The molecule has 1 saturated heterocycles. The van der Waals surface area contributed by atoms with Crippen LogP contribution in [-0.4, -0.2) is 24.7 Å². The number of carbonyl (C=O) groups excluding carboxylic acids is 1. The van der Waals surface area contributed by atoms with E-state index >= 15 is 0 Å². The minimum Gasteiger partial charge on any atom is -0.381 e. The molecule has 110 valence electrons. The Hall–Kier alpha value is -1.60. The van der Waals surface area contributed by atoms with Crippen LogP contribution in [0.3, 0.4) is 0 Å². The summed E-state index contributed by atoms with van der Waals surface area (Å²) in [6.45, 7) is 0.799. The van der Waals surface area contributed by atoms with E-state index in [4.69, 9.17) is 10.5 Å². The van der Waals surface area contributed by atoms with Crippen LogP contribution in [0, 0.1) is 0 Å². The van der Waals surface area contributed by atoms with Crippen molar-refractivity contribution in [2.45, 2.75) is 24.6 Å². The van der Waals surface area contributed by atoms with Crippen LogP contribution in [0.5, 0.6) is 0 Å². The first kappa shape index (κ1) is 14.8. The molecular formula is C13H15F3N2O2. The Morgan fingerprint density at radius 3 is 2.25 bits per heavy atom. The van der Waals surface area contributed by atoms with Crippen LogP contribution >= 0.6 is 0 Å². The molecule has 1 amide bonds. The predicted molar refractivity (Wildman–Crippen MR) is 67.0 cm³/mol. The minimum absolute atomic E-state index is 0.291. The molecule has 0 unspecified atom stereocenters. The zero-order valence-corrected chi connectivity index (χ0v) is 10.7. The van der Waals surface area contributed by atoms with Crippen molar-refractivity contribution in [2.75, 3.05) is 18.5 Å². The monoisotopic (exact) mass is 288 g/mol. The van der Waals surface area contributed by atoms with Crippen molar-refractivity contribution in [3.63, 3.8) is 0 Å². The van der Waals surface area contributed by atoms with Gasteiger partial charge in [-0.1, -0.05) is 0 Å². The van der Waals surface area contributed by atoms with Crippen molar-refractivity contribution in [1.82, 2.24) is 0 Å². The number of alkyl halides is 3. The van der Waals surface area contributed by atoms with E-state index < -0.39 is 23.2 Å². The van der Waals surface area contributed by atoms with Crippen LogP contribution in [0.25, 0.3) is 0 Å². The summed E-state index contributed by atoms with van der Waals surface area (Å²) >= 11 is 0. The van der Waals surface area contributed by atoms with Crippen LogP contribution in [0.2, 0.25) is 0 Å². The molecular weight excluding hydrogens is 273 g/mol. The molecule has 0 saturated carbocycles. The number of carbonyl (C=O) groups is 1. The van der Waals surface area contributed by atoms with Crippen molar-refractivity contribution in [1.29, 1.82) is 0 Å². The number of amides is 1. The Morgan fingerprint density at radius 2 is 1.75 bits per heavy atom. The van der Waals surface area contributed by atoms with Gasteiger partial charge in [0.25, 0.3) is 0 Å². The first-order valence-corrected chi connectivity index (χ1v) is 6.17. The number of rotatable bonds is 2. The molecule has 0 radical (unpaired) electrons. The normalized spacial score (nSPS) is 18.6. The summed E-state index contributed by atoms with van der Waals surface area (Å²) in [4.78, 5) is 12.1. The number of ether oxygens (including phenoxy) is 1. The van der Waals surface area contributed by atoms with Crippen molar-refractivity contribution >= 4 is 11.6 Å². The molecule has 0 aliphatic carbocycles. The van der Waals surface area contributed by atoms with Crippen molar-refractivity contribution in [2.24, 2.45) is 5.73 Å². The summed E-state index contributed by atoms with van der Waals surface area (Å²) in [5, 5.41) is 2.54. The lowest BCUT2D eigenvalue weighted by molar-refractivity contribution is -0.137. The molecule has 1 fully saturated rings.